The summed E-state index contributed by atoms with van der Waals surface area (Å²) in [6.07, 6.45) is 2.16. The normalized spacial score (nSPS) is 25.8. The number of sulfonamides is 1. The van der Waals surface area contributed by atoms with E-state index in [1.807, 2.05) is 6.92 Å². The van der Waals surface area contributed by atoms with Gasteiger partial charge in [0.1, 0.15) is 4.90 Å². The molecule has 6 nitrogen and oxygen atoms in total. The molecule has 0 aromatic heterocycles. The summed E-state index contributed by atoms with van der Waals surface area (Å²) >= 11 is 7.40. The van der Waals surface area contributed by atoms with E-state index >= 15 is 0 Å². The average Bonchev–Trinajstić information content (AvgIpc) is 3.22. The van der Waals surface area contributed by atoms with Crippen molar-refractivity contribution < 1.29 is 13.5 Å². The topological polar surface area (TPSA) is 96.0 Å². The van der Waals surface area contributed by atoms with E-state index in [-0.39, 0.29) is 26.9 Å². The zero-order valence-electron chi connectivity index (χ0n) is 13.0. The number of rotatable bonds is 4. The number of primary sulfonamides is 1. The predicted octanol–water partition coefficient (Wildman–Crippen LogP) is 2.30. The van der Waals surface area contributed by atoms with Gasteiger partial charge in [-0.3, -0.25) is 4.99 Å². The van der Waals surface area contributed by atoms with Crippen molar-refractivity contribution in [1.29, 1.82) is 0 Å². The number of amidine groups is 1. The third-order valence-electron chi connectivity index (χ3n) is 3.94. The Morgan fingerprint density at radius 1 is 1.50 bits per heavy atom. The Hall–Kier alpha value is -0.320. The molecule has 2 aliphatic rings. The van der Waals surface area contributed by atoms with Crippen LogP contribution in [0.3, 0.4) is 0 Å². The fraction of sp³-hybridized carbons (Fsp3) is 0.500. The van der Waals surface area contributed by atoms with Gasteiger partial charge in [-0.15, -0.1) is 17.0 Å². The van der Waals surface area contributed by atoms with Gasteiger partial charge in [0.25, 0.3) is 0 Å². The minimum absolute atomic E-state index is 0. The van der Waals surface area contributed by atoms with E-state index in [9.17, 15) is 13.5 Å². The highest BCUT2D eigenvalue weighted by molar-refractivity contribution is 8.93. The van der Waals surface area contributed by atoms with Gasteiger partial charge >= 0.3 is 0 Å². The average molecular weight is 457 g/mol. The monoisotopic (exact) mass is 455 g/mol. The van der Waals surface area contributed by atoms with Crippen LogP contribution in [0, 0.1) is 0 Å². The van der Waals surface area contributed by atoms with Crippen molar-refractivity contribution in [3.63, 3.8) is 0 Å². The fourth-order valence-corrected chi connectivity index (χ4v) is 4.94. The van der Waals surface area contributed by atoms with Crippen LogP contribution in [0.1, 0.15) is 25.3 Å². The maximum atomic E-state index is 11.7. The summed E-state index contributed by atoms with van der Waals surface area (Å²) in [6, 6.07) is 4.77. The lowest BCUT2D eigenvalue weighted by Crippen LogP contribution is -2.45. The van der Waals surface area contributed by atoms with Gasteiger partial charge in [0.05, 0.1) is 16.8 Å². The summed E-state index contributed by atoms with van der Waals surface area (Å²) in [4.78, 5) is 6.24. The molecular formula is C14H19BrClN3O3S2. The van der Waals surface area contributed by atoms with Crippen LogP contribution in [0.4, 0.5) is 0 Å². The molecule has 3 N–H and O–H groups in total. The second kappa shape index (κ2) is 7.13. The lowest BCUT2D eigenvalue weighted by molar-refractivity contribution is -0.0455. The first-order valence-electron chi connectivity index (χ1n) is 7.29. The summed E-state index contributed by atoms with van der Waals surface area (Å²) in [5.74, 6) is 0.373. The minimum Gasteiger partial charge on any atom is -0.366 e. The van der Waals surface area contributed by atoms with Gasteiger partial charge in [0.2, 0.25) is 10.0 Å². The first-order chi connectivity index (χ1) is 10.8. The SMILES string of the molecule is Br.CCN1C(=NC2CC2)SCC1(O)c1ccc(Cl)c(S(N)(=O)=O)c1. The Kier molecular flexibility index (Phi) is 5.94. The van der Waals surface area contributed by atoms with Crippen molar-refractivity contribution >= 4 is 55.5 Å². The maximum absolute atomic E-state index is 11.7. The summed E-state index contributed by atoms with van der Waals surface area (Å²) in [6.45, 7) is 2.48. The highest BCUT2D eigenvalue weighted by Gasteiger charge is 2.45. The summed E-state index contributed by atoms with van der Waals surface area (Å²) in [7, 11) is -3.96. The number of aliphatic imine (C=N–C) groups is 1. The largest absolute Gasteiger partial charge is 0.366 e. The molecule has 0 spiro atoms. The highest BCUT2D eigenvalue weighted by Crippen LogP contribution is 2.41. The predicted molar refractivity (Wildman–Crippen MR) is 102 cm³/mol. The molecule has 134 valence electrons. The number of halogens is 2. The molecule has 1 aliphatic heterocycles. The first kappa shape index (κ1) is 20.0. The first-order valence-corrected chi connectivity index (χ1v) is 10.2. The van der Waals surface area contributed by atoms with Gasteiger partial charge in [0, 0.05) is 12.1 Å². The Morgan fingerprint density at radius 3 is 2.71 bits per heavy atom. The number of nitrogens with zero attached hydrogens (tertiary/aromatic N) is 2. The molecular weight excluding hydrogens is 438 g/mol. The molecule has 0 amide bonds. The lowest BCUT2D eigenvalue weighted by atomic mass is 10.0. The molecule has 1 aromatic carbocycles. The van der Waals surface area contributed by atoms with Crippen LogP contribution in [0.15, 0.2) is 28.1 Å². The van der Waals surface area contributed by atoms with Crippen molar-refractivity contribution in [3.8, 4) is 0 Å². The van der Waals surface area contributed by atoms with E-state index in [1.165, 1.54) is 23.9 Å². The van der Waals surface area contributed by atoms with E-state index in [0.717, 1.165) is 18.0 Å². The van der Waals surface area contributed by atoms with Crippen molar-refractivity contribution in [2.24, 2.45) is 10.1 Å². The Balaban J connectivity index is 0.00000208. The number of hydrogen-bond donors (Lipinski definition) is 2. The molecule has 0 bridgehead atoms. The van der Waals surface area contributed by atoms with Gasteiger partial charge in [-0.2, -0.15) is 0 Å². The Bertz CT molecular complexity index is 771. The van der Waals surface area contributed by atoms with E-state index in [1.54, 1.807) is 11.0 Å². The Labute approximate surface area is 161 Å². The molecule has 10 heteroatoms. The second-order valence-corrected chi connectivity index (χ2v) is 8.56. The molecule has 1 saturated heterocycles. The molecule has 1 aliphatic carbocycles. The van der Waals surface area contributed by atoms with Crippen LogP contribution in [0.2, 0.25) is 5.02 Å². The number of hydrogen-bond acceptors (Lipinski definition) is 5. The van der Waals surface area contributed by atoms with Crippen LogP contribution >= 0.6 is 40.3 Å². The van der Waals surface area contributed by atoms with E-state index < -0.39 is 15.7 Å². The van der Waals surface area contributed by atoms with Crippen LogP contribution < -0.4 is 5.14 Å². The molecule has 1 heterocycles. The molecule has 0 radical (unpaired) electrons. The van der Waals surface area contributed by atoms with E-state index in [0.29, 0.717) is 23.9 Å². The standard InChI is InChI=1S/C14H18ClN3O3S2.BrH/c1-2-18-13(17-10-4-5-10)22-8-14(18,19)9-3-6-11(15)12(7-9)23(16,20)21;/h3,6-7,10,19H,2,4-5,8H2,1H3,(H2,16,20,21);1H. The zero-order valence-corrected chi connectivity index (χ0v) is 17.1. The van der Waals surface area contributed by atoms with Crippen molar-refractivity contribution in [2.75, 3.05) is 12.3 Å². The second-order valence-electron chi connectivity index (χ2n) is 5.68. The van der Waals surface area contributed by atoms with Crippen LogP contribution in [0.25, 0.3) is 0 Å². The summed E-state index contributed by atoms with van der Waals surface area (Å²) in [5.41, 5.74) is -0.877. The van der Waals surface area contributed by atoms with Gasteiger partial charge in [-0.1, -0.05) is 29.4 Å². The van der Waals surface area contributed by atoms with Crippen LogP contribution in [-0.2, 0) is 15.7 Å². The maximum Gasteiger partial charge on any atom is 0.239 e. The Morgan fingerprint density at radius 2 is 2.17 bits per heavy atom. The van der Waals surface area contributed by atoms with Gasteiger partial charge in [-0.05, 0) is 31.9 Å². The van der Waals surface area contributed by atoms with E-state index in [2.05, 4.69) is 4.99 Å². The van der Waals surface area contributed by atoms with Crippen molar-refractivity contribution in [2.45, 2.75) is 36.4 Å². The van der Waals surface area contributed by atoms with Gasteiger partial charge in [0.15, 0.2) is 10.9 Å². The lowest BCUT2D eigenvalue weighted by Gasteiger charge is -2.34. The van der Waals surface area contributed by atoms with Crippen LogP contribution in [-0.4, -0.2) is 41.9 Å². The summed E-state index contributed by atoms with van der Waals surface area (Å²) in [5, 5.41) is 17.2. The molecule has 1 saturated carbocycles. The third kappa shape index (κ3) is 3.76. The number of thioether (sulfide) groups is 1. The minimum atomic E-state index is -3.96. The molecule has 24 heavy (non-hydrogen) atoms. The van der Waals surface area contributed by atoms with Gasteiger partial charge < -0.3 is 10.0 Å². The molecule has 1 unspecified atom stereocenters. The fourth-order valence-electron chi connectivity index (χ4n) is 2.55. The number of benzene rings is 1. The van der Waals surface area contributed by atoms with E-state index in [4.69, 9.17) is 16.7 Å². The quantitative estimate of drug-likeness (QED) is 0.725. The number of aliphatic hydroxyl groups is 1. The molecule has 2 fully saturated rings. The molecule has 1 aromatic rings. The smallest absolute Gasteiger partial charge is 0.239 e. The van der Waals surface area contributed by atoms with Crippen molar-refractivity contribution in [3.05, 3.63) is 28.8 Å². The zero-order chi connectivity index (χ0) is 16.8. The third-order valence-corrected chi connectivity index (χ3v) is 6.46. The highest BCUT2D eigenvalue weighted by atomic mass is 79.9. The molecule has 1 atom stereocenters. The molecule has 3 rings (SSSR count). The number of nitrogens with two attached hydrogens (primary N) is 1. The van der Waals surface area contributed by atoms with Crippen LogP contribution in [0.5, 0.6) is 0 Å². The van der Waals surface area contributed by atoms with Crippen molar-refractivity contribution in [1.82, 2.24) is 4.90 Å². The van der Waals surface area contributed by atoms with Gasteiger partial charge in [-0.25, -0.2) is 13.6 Å². The summed E-state index contributed by atoms with van der Waals surface area (Å²) < 4.78 is 23.3.